The Morgan fingerprint density at radius 2 is 1.34 bits per heavy atom. The van der Waals surface area contributed by atoms with Crippen molar-refractivity contribution in [3.63, 3.8) is 0 Å². The molecule has 0 N–H and O–H groups in total. The van der Waals surface area contributed by atoms with Gasteiger partial charge < -0.3 is 14.4 Å². The van der Waals surface area contributed by atoms with Crippen LogP contribution in [0.1, 0.15) is 39.5 Å². The lowest BCUT2D eigenvalue weighted by Gasteiger charge is -2.24. The summed E-state index contributed by atoms with van der Waals surface area (Å²) in [5.74, 6) is 1.48. The monoisotopic (exact) mass is 465 g/mol. The standard InChI is InChI=1S/C31H31NO3/c1-3-34-30-19-16-27(20-28(30)23-35-29-17-14-24(2)15-18-29)31(33)32(21-25-10-6-4-7-11-25)22-26-12-8-5-9-13-26/h4-20H,3,21-23H2,1-2H3. The van der Waals surface area contributed by atoms with Crippen LogP contribution >= 0.6 is 0 Å². The molecule has 4 heteroatoms. The van der Waals surface area contributed by atoms with Crippen LogP contribution in [0.3, 0.4) is 0 Å². The topological polar surface area (TPSA) is 38.8 Å². The van der Waals surface area contributed by atoms with Crippen molar-refractivity contribution < 1.29 is 14.3 Å². The maximum absolute atomic E-state index is 13.7. The maximum Gasteiger partial charge on any atom is 0.254 e. The second kappa shape index (κ2) is 11.9. The van der Waals surface area contributed by atoms with Gasteiger partial charge in [-0.3, -0.25) is 4.79 Å². The molecule has 4 aromatic carbocycles. The molecule has 1 amide bonds. The molecule has 0 atom stereocenters. The molecular formula is C31H31NO3. The molecule has 0 radical (unpaired) electrons. The Morgan fingerprint density at radius 1 is 0.743 bits per heavy atom. The quantitative estimate of drug-likeness (QED) is 0.258. The van der Waals surface area contributed by atoms with E-state index in [9.17, 15) is 4.79 Å². The molecule has 4 nitrogen and oxygen atoms in total. The van der Waals surface area contributed by atoms with E-state index in [1.807, 2.05) is 122 Å². The van der Waals surface area contributed by atoms with Crippen molar-refractivity contribution >= 4 is 5.91 Å². The number of hydrogen-bond donors (Lipinski definition) is 0. The zero-order chi connectivity index (χ0) is 24.5. The van der Waals surface area contributed by atoms with Gasteiger partial charge in [0.05, 0.1) is 6.61 Å². The third-order valence-electron chi connectivity index (χ3n) is 5.74. The number of carbonyl (C=O) groups excluding carboxylic acids is 1. The van der Waals surface area contributed by atoms with Crippen molar-refractivity contribution in [2.45, 2.75) is 33.5 Å². The van der Waals surface area contributed by atoms with Crippen molar-refractivity contribution in [1.29, 1.82) is 0 Å². The van der Waals surface area contributed by atoms with Gasteiger partial charge in [0.25, 0.3) is 5.91 Å². The normalized spacial score (nSPS) is 10.6. The summed E-state index contributed by atoms with van der Waals surface area (Å²) >= 11 is 0. The number of nitrogens with zero attached hydrogens (tertiary/aromatic N) is 1. The van der Waals surface area contributed by atoms with Crippen LogP contribution in [0.5, 0.6) is 11.5 Å². The Hall–Kier alpha value is -4.05. The first-order chi connectivity index (χ1) is 17.1. The molecule has 0 bridgehead atoms. The first-order valence-electron chi connectivity index (χ1n) is 11.9. The number of rotatable bonds is 10. The number of aryl methyl sites for hydroxylation is 1. The summed E-state index contributed by atoms with van der Waals surface area (Å²) in [4.78, 5) is 15.6. The van der Waals surface area contributed by atoms with Crippen molar-refractivity contribution in [3.05, 3.63) is 131 Å². The fourth-order valence-corrected chi connectivity index (χ4v) is 3.91. The predicted octanol–water partition coefficient (Wildman–Crippen LogP) is 6.82. The summed E-state index contributed by atoms with van der Waals surface area (Å²) in [6.45, 7) is 5.90. The summed E-state index contributed by atoms with van der Waals surface area (Å²) in [6.07, 6.45) is 0. The molecule has 0 aliphatic heterocycles. The molecular weight excluding hydrogens is 434 g/mol. The minimum atomic E-state index is -0.0302. The Balaban J connectivity index is 1.59. The lowest BCUT2D eigenvalue weighted by atomic mass is 10.1. The minimum absolute atomic E-state index is 0.0302. The van der Waals surface area contributed by atoms with E-state index < -0.39 is 0 Å². The molecule has 0 fully saturated rings. The SMILES string of the molecule is CCOc1ccc(C(=O)N(Cc2ccccc2)Cc2ccccc2)cc1COc1ccc(C)cc1. The van der Waals surface area contributed by atoms with E-state index in [-0.39, 0.29) is 5.91 Å². The van der Waals surface area contributed by atoms with E-state index in [4.69, 9.17) is 9.47 Å². The Kier molecular flexibility index (Phi) is 8.18. The molecule has 4 aromatic rings. The van der Waals surface area contributed by atoms with Gasteiger partial charge in [-0.25, -0.2) is 0 Å². The Morgan fingerprint density at radius 3 is 1.91 bits per heavy atom. The summed E-state index contributed by atoms with van der Waals surface area (Å²) in [6, 6.07) is 33.7. The Labute approximate surface area is 207 Å². The number of hydrogen-bond acceptors (Lipinski definition) is 3. The molecule has 0 saturated heterocycles. The van der Waals surface area contributed by atoms with Crippen molar-refractivity contribution in [1.82, 2.24) is 4.90 Å². The predicted molar refractivity (Wildman–Crippen MR) is 140 cm³/mol. The summed E-state index contributed by atoms with van der Waals surface area (Å²) in [5.41, 5.74) is 4.81. The van der Waals surface area contributed by atoms with Gasteiger partial charge >= 0.3 is 0 Å². The largest absolute Gasteiger partial charge is 0.493 e. The molecule has 4 rings (SSSR count). The van der Waals surface area contributed by atoms with Crippen LogP contribution in [0.15, 0.2) is 103 Å². The highest BCUT2D eigenvalue weighted by Crippen LogP contribution is 2.25. The number of amides is 1. The minimum Gasteiger partial charge on any atom is -0.493 e. The van der Waals surface area contributed by atoms with Gasteiger partial charge in [-0.05, 0) is 55.3 Å². The zero-order valence-corrected chi connectivity index (χ0v) is 20.3. The van der Waals surface area contributed by atoms with Crippen molar-refractivity contribution in [2.75, 3.05) is 6.61 Å². The van der Waals surface area contributed by atoms with Crippen LogP contribution in [0, 0.1) is 6.92 Å². The lowest BCUT2D eigenvalue weighted by molar-refractivity contribution is 0.0729. The highest BCUT2D eigenvalue weighted by molar-refractivity contribution is 5.94. The fraction of sp³-hybridized carbons (Fsp3) is 0.194. The Bertz CT molecular complexity index is 1180. The van der Waals surface area contributed by atoms with E-state index >= 15 is 0 Å². The van der Waals surface area contributed by atoms with Crippen molar-refractivity contribution in [3.8, 4) is 11.5 Å². The second-order valence-electron chi connectivity index (χ2n) is 8.49. The third kappa shape index (κ3) is 6.73. The first kappa shape index (κ1) is 24.1. The molecule has 35 heavy (non-hydrogen) atoms. The van der Waals surface area contributed by atoms with Gasteiger partial charge in [0.15, 0.2) is 0 Å². The molecule has 0 unspecified atom stereocenters. The van der Waals surface area contributed by atoms with Crippen LogP contribution in [-0.4, -0.2) is 17.4 Å². The average molecular weight is 466 g/mol. The van der Waals surface area contributed by atoms with Gasteiger partial charge in [-0.1, -0.05) is 78.4 Å². The van der Waals surface area contributed by atoms with Crippen LogP contribution < -0.4 is 9.47 Å². The number of ether oxygens (including phenoxy) is 2. The molecule has 0 aliphatic rings. The van der Waals surface area contributed by atoms with E-state index in [1.165, 1.54) is 5.56 Å². The van der Waals surface area contributed by atoms with Gasteiger partial charge in [0, 0.05) is 24.2 Å². The van der Waals surface area contributed by atoms with Gasteiger partial charge in [0.2, 0.25) is 0 Å². The summed E-state index contributed by atoms with van der Waals surface area (Å²) in [7, 11) is 0. The molecule has 0 aliphatic carbocycles. The van der Waals surface area contributed by atoms with Crippen molar-refractivity contribution in [2.24, 2.45) is 0 Å². The lowest BCUT2D eigenvalue weighted by Crippen LogP contribution is -2.30. The summed E-state index contributed by atoms with van der Waals surface area (Å²) in [5, 5.41) is 0. The van der Waals surface area contributed by atoms with E-state index in [2.05, 4.69) is 0 Å². The van der Waals surface area contributed by atoms with Crippen LogP contribution in [-0.2, 0) is 19.7 Å². The fourth-order valence-electron chi connectivity index (χ4n) is 3.91. The van der Waals surface area contributed by atoms with Crippen LogP contribution in [0.4, 0.5) is 0 Å². The van der Waals surface area contributed by atoms with Gasteiger partial charge in [0.1, 0.15) is 18.1 Å². The molecule has 0 aromatic heterocycles. The number of benzene rings is 4. The zero-order valence-electron chi connectivity index (χ0n) is 20.3. The first-order valence-corrected chi connectivity index (χ1v) is 11.9. The molecule has 0 spiro atoms. The highest BCUT2D eigenvalue weighted by atomic mass is 16.5. The van der Waals surface area contributed by atoms with Gasteiger partial charge in [-0.2, -0.15) is 0 Å². The van der Waals surface area contributed by atoms with E-state index in [0.29, 0.717) is 31.9 Å². The smallest absolute Gasteiger partial charge is 0.254 e. The van der Waals surface area contributed by atoms with Crippen LogP contribution in [0.2, 0.25) is 0 Å². The third-order valence-corrected chi connectivity index (χ3v) is 5.74. The summed E-state index contributed by atoms with van der Waals surface area (Å²) < 4.78 is 11.8. The number of carbonyl (C=O) groups is 1. The second-order valence-corrected chi connectivity index (χ2v) is 8.49. The van der Waals surface area contributed by atoms with Crippen LogP contribution in [0.25, 0.3) is 0 Å². The molecule has 0 heterocycles. The highest BCUT2D eigenvalue weighted by Gasteiger charge is 2.19. The molecule has 178 valence electrons. The van der Waals surface area contributed by atoms with E-state index in [1.54, 1.807) is 0 Å². The molecule has 0 saturated carbocycles. The van der Waals surface area contributed by atoms with E-state index in [0.717, 1.165) is 28.2 Å². The maximum atomic E-state index is 13.7. The average Bonchev–Trinajstić information content (AvgIpc) is 2.89. The van der Waals surface area contributed by atoms with Gasteiger partial charge in [-0.15, -0.1) is 0 Å².